The van der Waals surface area contributed by atoms with Crippen molar-refractivity contribution in [2.45, 2.75) is 294 Å². The topological polar surface area (TPSA) is 282 Å². The maximum Gasteiger partial charge on any atom is 0.173 e. The van der Waals surface area contributed by atoms with Crippen LogP contribution in [0.3, 0.4) is 0 Å². The van der Waals surface area contributed by atoms with Gasteiger partial charge in [-0.2, -0.15) is 0 Å². The molecule has 4 saturated heterocycles. The minimum Gasteiger partial charge on any atom is -0.346 e. The van der Waals surface area contributed by atoms with Crippen LogP contribution in [0.25, 0.3) is 0 Å². The fraction of sp³-hybridized carbons (Fsp3) is 0.887. The standard InChI is InChI=1S/C17H28N2O2.C13H26N2O2.C12H26N2O2.C11H24N2O2/c1-17(2,3)21-16-13(18)9-10-15(20-16)14(19)11-12-7-5-4-6-8-12;1-13(2,3)17-12-9(14)6-7-10(16-12)11(15)8-4-5-8;1-5-8(13)10-7-6-9(14)11(15-10)16-12(2,3)4;1-7(12)9-6-5-8(13)10(14-9)15-11(2,3)4/h4-8,13-16H,9-11,18-19H2,1-3H3;8-12H,4-7,14-15H2,1-3H3;8-11H,5-7,13-14H2,1-4H3;7-10H,5-6,12-13H2,1-4H3/t13-,14?,15?,16-;9-,10?,11?,12-;8?,9-,10?,11-;7?,8-,9?,10-/m1111/s1. The summed E-state index contributed by atoms with van der Waals surface area (Å²) in [7, 11) is 0. The van der Waals surface area contributed by atoms with Gasteiger partial charge >= 0.3 is 0 Å². The van der Waals surface area contributed by atoms with E-state index in [4.69, 9.17) is 83.8 Å². The minimum absolute atomic E-state index is 0.00245. The largest absolute Gasteiger partial charge is 0.346 e. The first kappa shape index (κ1) is 61.9. The SMILES string of the molecule is CC(C)(C)O[C@H]1OC(C(N)C2CC2)CC[C@H]1N.CC(C)(C)O[C@H]1OC(C(N)Cc2ccccc2)CC[C@H]1N.CC(N)C1CC[C@@H](N)[C@@H](OC(C)(C)C)O1.CCC(N)C1CC[C@@H](N)[C@@H](OC(C)(C)C)O1. The Labute approximate surface area is 418 Å². The van der Waals surface area contributed by atoms with E-state index in [9.17, 15) is 0 Å². The Balaban J connectivity index is 0.000000246. The maximum atomic E-state index is 6.33. The van der Waals surface area contributed by atoms with Crippen LogP contribution in [0, 0.1) is 5.92 Å². The Morgan fingerprint density at radius 1 is 0.464 bits per heavy atom. The normalized spacial score (nSPS) is 33.2. The van der Waals surface area contributed by atoms with Crippen LogP contribution in [-0.2, 0) is 44.3 Å². The summed E-state index contributed by atoms with van der Waals surface area (Å²) in [4.78, 5) is 0. The van der Waals surface area contributed by atoms with Crippen LogP contribution < -0.4 is 45.9 Å². The van der Waals surface area contributed by atoms with Gasteiger partial charge in [0.2, 0.25) is 0 Å². The maximum absolute atomic E-state index is 6.33. The van der Waals surface area contributed by atoms with E-state index in [0.29, 0.717) is 5.92 Å². The molecule has 0 aromatic heterocycles. The molecule has 69 heavy (non-hydrogen) atoms. The molecule has 4 heterocycles. The minimum atomic E-state index is -0.370. The summed E-state index contributed by atoms with van der Waals surface area (Å²) in [5.74, 6) is 0.657. The van der Waals surface area contributed by atoms with Gasteiger partial charge < -0.3 is 83.8 Å². The van der Waals surface area contributed by atoms with Crippen molar-refractivity contribution in [3.05, 3.63) is 35.9 Å². The molecule has 4 aliphatic heterocycles. The summed E-state index contributed by atoms with van der Waals surface area (Å²) in [6.45, 7) is 28.1. The van der Waals surface area contributed by atoms with E-state index in [-0.39, 0.29) is 120 Å². The van der Waals surface area contributed by atoms with Crippen LogP contribution in [0.15, 0.2) is 30.3 Å². The molecule has 16 nitrogen and oxygen atoms in total. The number of ether oxygens (including phenoxy) is 8. The summed E-state index contributed by atoms with van der Waals surface area (Å²) in [6, 6.07) is 10.3. The summed E-state index contributed by atoms with van der Waals surface area (Å²) < 4.78 is 47.0. The third kappa shape index (κ3) is 24.0. The number of hydrogen-bond donors (Lipinski definition) is 8. The lowest BCUT2D eigenvalue weighted by atomic mass is 9.95. The molecule has 0 radical (unpaired) electrons. The first-order valence-electron chi connectivity index (χ1n) is 26.3. The Morgan fingerprint density at radius 3 is 1.12 bits per heavy atom. The van der Waals surface area contributed by atoms with E-state index >= 15 is 0 Å². The lowest BCUT2D eigenvalue weighted by Gasteiger charge is -2.39. The van der Waals surface area contributed by atoms with E-state index in [2.05, 4.69) is 19.1 Å². The average Bonchev–Trinajstić information content (AvgIpc) is 4.09. The molecule has 5 fully saturated rings. The molecule has 0 amide bonds. The van der Waals surface area contributed by atoms with Crippen LogP contribution in [-0.4, -0.2) is 120 Å². The highest BCUT2D eigenvalue weighted by molar-refractivity contribution is 5.16. The molecule has 5 aliphatic rings. The molecule has 404 valence electrons. The van der Waals surface area contributed by atoms with Crippen LogP contribution in [0.1, 0.15) is 173 Å². The van der Waals surface area contributed by atoms with Gasteiger partial charge in [-0.1, -0.05) is 37.3 Å². The lowest BCUT2D eigenvalue weighted by Crippen LogP contribution is -2.53. The second kappa shape index (κ2) is 27.8. The van der Waals surface area contributed by atoms with Gasteiger partial charge in [0.1, 0.15) is 0 Å². The number of benzene rings is 1. The number of rotatable bonds is 12. The van der Waals surface area contributed by atoms with Crippen molar-refractivity contribution >= 4 is 0 Å². The van der Waals surface area contributed by atoms with Gasteiger partial charge in [0.15, 0.2) is 25.2 Å². The summed E-state index contributed by atoms with van der Waals surface area (Å²) in [5, 5.41) is 0. The molecule has 16 heteroatoms. The Bertz CT molecular complexity index is 1550. The number of hydrogen-bond acceptors (Lipinski definition) is 16. The van der Waals surface area contributed by atoms with Crippen LogP contribution in [0.5, 0.6) is 0 Å². The molecular weight excluding hydrogens is 877 g/mol. The monoisotopic (exact) mass is 981 g/mol. The second-order valence-corrected chi connectivity index (χ2v) is 24.3. The Hall–Kier alpha value is -1.42. The Morgan fingerprint density at radius 2 is 0.783 bits per heavy atom. The zero-order valence-corrected chi connectivity index (χ0v) is 45.6. The van der Waals surface area contributed by atoms with E-state index in [1.807, 2.05) is 108 Å². The van der Waals surface area contributed by atoms with Crippen LogP contribution >= 0.6 is 0 Å². The zero-order valence-electron chi connectivity index (χ0n) is 45.6. The fourth-order valence-electron chi connectivity index (χ4n) is 8.56. The molecule has 0 bridgehead atoms. The first-order valence-corrected chi connectivity index (χ1v) is 26.3. The van der Waals surface area contributed by atoms with Crippen molar-refractivity contribution in [2.24, 2.45) is 51.8 Å². The van der Waals surface area contributed by atoms with Gasteiger partial charge in [0.05, 0.1) is 71.0 Å². The van der Waals surface area contributed by atoms with Crippen molar-refractivity contribution in [1.29, 1.82) is 0 Å². The van der Waals surface area contributed by atoms with Crippen LogP contribution in [0.4, 0.5) is 0 Å². The summed E-state index contributed by atoms with van der Waals surface area (Å²) in [5.41, 5.74) is 48.7. The predicted octanol–water partition coefficient (Wildman–Crippen LogP) is 5.93. The fourth-order valence-corrected chi connectivity index (χ4v) is 8.56. The van der Waals surface area contributed by atoms with Gasteiger partial charge in [0.25, 0.3) is 0 Å². The predicted molar refractivity (Wildman–Crippen MR) is 278 cm³/mol. The van der Waals surface area contributed by atoms with Gasteiger partial charge in [-0.25, -0.2) is 0 Å². The smallest absolute Gasteiger partial charge is 0.173 e. The highest BCUT2D eigenvalue weighted by atomic mass is 16.7. The van der Waals surface area contributed by atoms with E-state index < -0.39 is 0 Å². The molecular formula is C53H104N8O8. The molecule has 16 atom stereocenters. The van der Waals surface area contributed by atoms with E-state index in [1.165, 1.54) is 18.4 Å². The third-order valence-corrected chi connectivity index (χ3v) is 12.6. The molecule has 1 aliphatic carbocycles. The zero-order chi connectivity index (χ0) is 52.1. The Kier molecular flexibility index (Phi) is 24.9. The van der Waals surface area contributed by atoms with Crippen molar-refractivity contribution in [3.63, 3.8) is 0 Å². The molecule has 0 spiro atoms. The first-order chi connectivity index (χ1) is 31.8. The van der Waals surface area contributed by atoms with Crippen molar-refractivity contribution in [1.82, 2.24) is 0 Å². The molecule has 1 aromatic rings. The molecule has 16 N–H and O–H groups in total. The number of nitrogens with two attached hydrogens (primary N) is 8. The van der Waals surface area contributed by atoms with Gasteiger partial charge in [-0.15, -0.1) is 0 Å². The highest BCUT2D eigenvalue weighted by Crippen LogP contribution is 2.37. The lowest BCUT2D eigenvalue weighted by molar-refractivity contribution is -0.244. The highest BCUT2D eigenvalue weighted by Gasteiger charge is 2.41. The van der Waals surface area contributed by atoms with Crippen molar-refractivity contribution < 1.29 is 37.9 Å². The molecule has 8 unspecified atom stereocenters. The summed E-state index contributed by atoms with van der Waals surface area (Å²) >= 11 is 0. The molecule has 1 saturated carbocycles. The van der Waals surface area contributed by atoms with Crippen molar-refractivity contribution in [3.8, 4) is 0 Å². The quantitative estimate of drug-likeness (QED) is 0.121. The van der Waals surface area contributed by atoms with E-state index in [0.717, 1.165) is 64.2 Å². The molecule has 6 rings (SSSR count). The second-order valence-electron chi connectivity index (χ2n) is 24.3. The molecule has 1 aromatic carbocycles. The summed E-state index contributed by atoms with van der Waals surface area (Å²) in [6.07, 6.45) is 10.5. The third-order valence-electron chi connectivity index (χ3n) is 12.6. The van der Waals surface area contributed by atoms with E-state index in [1.54, 1.807) is 0 Å². The average molecular weight is 981 g/mol. The van der Waals surface area contributed by atoms with Gasteiger partial charge in [0, 0.05) is 24.2 Å². The van der Waals surface area contributed by atoms with Crippen LogP contribution in [0.2, 0.25) is 0 Å². The van der Waals surface area contributed by atoms with Crippen molar-refractivity contribution in [2.75, 3.05) is 0 Å². The van der Waals surface area contributed by atoms with Gasteiger partial charge in [-0.05, 0) is 179 Å². The van der Waals surface area contributed by atoms with Gasteiger partial charge in [-0.3, -0.25) is 0 Å².